The molecule has 0 saturated carbocycles. The number of nitrogens with zero attached hydrogens (tertiary/aromatic N) is 4. The van der Waals surface area contributed by atoms with Crippen LogP contribution >= 0.6 is 0 Å². The Labute approximate surface area is 310 Å². The molecule has 0 aliphatic heterocycles. The van der Waals surface area contributed by atoms with Gasteiger partial charge in [-0.25, -0.2) is 4.98 Å². The maximum Gasteiger partial charge on any atom is 2.00 e. The maximum absolute atomic E-state index is 6.50. The Bertz CT molecular complexity index is 2320. The minimum Gasteiger partial charge on any atom is -0.509 e. The predicted molar refractivity (Wildman–Crippen MR) is 202 cm³/mol. The molecule has 50 heavy (non-hydrogen) atoms. The molecule has 0 N–H and O–H groups in total. The zero-order valence-corrected chi connectivity index (χ0v) is 32.4. The van der Waals surface area contributed by atoms with Gasteiger partial charge in [0.1, 0.15) is 5.82 Å². The summed E-state index contributed by atoms with van der Waals surface area (Å²) in [5.41, 5.74) is 11.5. The van der Waals surface area contributed by atoms with Gasteiger partial charge in [0.2, 0.25) is 0 Å². The second-order valence-corrected chi connectivity index (χ2v) is 14.4. The molecule has 0 unspecified atom stereocenters. The van der Waals surface area contributed by atoms with Crippen molar-refractivity contribution in [2.75, 3.05) is 0 Å². The van der Waals surface area contributed by atoms with Crippen molar-refractivity contribution in [3.63, 3.8) is 0 Å². The Balaban J connectivity index is 0.00000432. The second kappa shape index (κ2) is 14.0. The van der Waals surface area contributed by atoms with E-state index in [2.05, 4.69) is 137 Å². The Morgan fingerprint density at radius 3 is 2.34 bits per heavy atom. The third-order valence-electron chi connectivity index (χ3n) is 9.25. The topological polar surface area (TPSA) is 44.9 Å². The van der Waals surface area contributed by atoms with Crippen molar-refractivity contribution in [3.8, 4) is 34.1 Å². The summed E-state index contributed by atoms with van der Waals surface area (Å²) in [6.45, 7) is 17.8. The van der Waals surface area contributed by atoms with Crippen LogP contribution in [0.25, 0.3) is 44.4 Å². The molecule has 0 fully saturated rings. The van der Waals surface area contributed by atoms with Gasteiger partial charge in [0.15, 0.2) is 0 Å². The van der Waals surface area contributed by atoms with Gasteiger partial charge in [-0.3, -0.25) is 4.68 Å². The molecular weight excluding hydrogens is 796 g/mol. The third kappa shape index (κ3) is 6.56. The van der Waals surface area contributed by atoms with Crippen LogP contribution < -0.4 is 4.74 Å². The van der Waals surface area contributed by atoms with Crippen LogP contribution in [0.15, 0.2) is 91.1 Å². The van der Waals surface area contributed by atoms with E-state index in [1.54, 1.807) is 0 Å². The second-order valence-electron chi connectivity index (χ2n) is 14.4. The maximum atomic E-state index is 6.50. The average molecular weight is 840 g/mol. The number of rotatable bonds is 8. The number of benzene rings is 4. The third-order valence-corrected chi connectivity index (χ3v) is 9.25. The van der Waals surface area contributed by atoms with Gasteiger partial charge in [-0.15, -0.1) is 35.7 Å². The molecule has 0 spiro atoms. The van der Waals surface area contributed by atoms with Crippen LogP contribution in [0.4, 0.5) is 0 Å². The van der Waals surface area contributed by atoms with Gasteiger partial charge >= 0.3 is 21.1 Å². The van der Waals surface area contributed by atoms with Crippen molar-refractivity contribution in [2.24, 2.45) is 0 Å². The van der Waals surface area contributed by atoms with Gasteiger partial charge in [-0.2, -0.15) is 17.2 Å². The smallest absolute Gasteiger partial charge is 0.509 e. The molecule has 0 radical (unpaired) electrons. The van der Waals surface area contributed by atoms with E-state index in [1.165, 1.54) is 27.9 Å². The summed E-state index contributed by atoms with van der Waals surface area (Å²) in [6.07, 6.45) is 3.76. The predicted octanol–water partition coefficient (Wildman–Crippen LogP) is 11.4. The fourth-order valence-corrected chi connectivity index (χ4v) is 7.07. The average Bonchev–Trinajstić information content (AvgIpc) is 3.60. The van der Waals surface area contributed by atoms with Crippen molar-refractivity contribution in [1.29, 1.82) is 0 Å². The first-order valence-corrected chi connectivity index (χ1v) is 17.4. The van der Waals surface area contributed by atoms with E-state index in [-0.39, 0.29) is 32.4 Å². The molecule has 7 rings (SSSR count). The fourth-order valence-electron chi connectivity index (χ4n) is 7.07. The minimum absolute atomic E-state index is 0. The standard InChI is InChI=1S/C44H44N4O.Pt/c1-9-13-39-42(31-18-21-37(30(5)25-31)44(6,7)8)43(28(2)3)46-48(39)32-14-12-15-33(26-32)49-34-19-20-36-35-16-10-11-17-38(35)47(40(36)27-34)41-24-29(4)22-23-45-41;/h10-12,14-25,28H,9,13H2,1-8H3;/q-2;+2. The number of fused-ring (bicyclic) bond motifs is 3. The molecule has 256 valence electrons. The summed E-state index contributed by atoms with van der Waals surface area (Å²) >= 11 is 0. The van der Waals surface area contributed by atoms with Crippen LogP contribution in [0.5, 0.6) is 11.5 Å². The normalized spacial score (nSPS) is 11.8. The van der Waals surface area contributed by atoms with Crippen molar-refractivity contribution in [1.82, 2.24) is 19.3 Å². The SMILES string of the molecule is CCCc1c(-c2ccc(C(C)(C)C)c(C)c2)c(C(C)C)nn1-c1[c-]c(Oc2[c-]c3c(cc2)c2ccccc2n3-c2cc(C)ccn2)ccc1.[Pt+2]. The summed E-state index contributed by atoms with van der Waals surface area (Å²) < 4.78 is 10.8. The van der Waals surface area contributed by atoms with E-state index in [1.807, 2.05) is 30.5 Å². The van der Waals surface area contributed by atoms with Crippen LogP contribution in [0.2, 0.25) is 0 Å². The largest absolute Gasteiger partial charge is 2.00 e. The molecule has 0 aliphatic carbocycles. The van der Waals surface area contributed by atoms with E-state index in [9.17, 15) is 0 Å². The first kappa shape index (κ1) is 35.4. The van der Waals surface area contributed by atoms with E-state index in [0.29, 0.717) is 11.5 Å². The molecule has 0 amide bonds. The first-order valence-electron chi connectivity index (χ1n) is 17.4. The molecule has 0 bridgehead atoms. The van der Waals surface area contributed by atoms with Crippen molar-refractivity contribution in [3.05, 3.63) is 131 Å². The van der Waals surface area contributed by atoms with E-state index in [4.69, 9.17) is 14.8 Å². The van der Waals surface area contributed by atoms with E-state index >= 15 is 0 Å². The monoisotopic (exact) mass is 839 g/mol. The Morgan fingerprint density at radius 2 is 1.62 bits per heavy atom. The molecule has 3 heterocycles. The number of para-hydroxylation sites is 1. The molecule has 6 heteroatoms. The van der Waals surface area contributed by atoms with Crippen LogP contribution in [-0.2, 0) is 32.9 Å². The van der Waals surface area contributed by atoms with Gasteiger partial charge in [0.25, 0.3) is 0 Å². The van der Waals surface area contributed by atoms with Gasteiger partial charge in [0, 0.05) is 34.5 Å². The number of aromatic nitrogens is 4. The number of aryl methyl sites for hydroxylation is 2. The van der Waals surface area contributed by atoms with E-state index in [0.717, 1.165) is 57.4 Å². The van der Waals surface area contributed by atoms with Crippen LogP contribution in [-0.4, -0.2) is 19.3 Å². The van der Waals surface area contributed by atoms with Crippen molar-refractivity contribution < 1.29 is 25.8 Å². The van der Waals surface area contributed by atoms with E-state index < -0.39 is 0 Å². The van der Waals surface area contributed by atoms with Crippen molar-refractivity contribution >= 4 is 21.8 Å². The summed E-state index contributed by atoms with van der Waals surface area (Å²) in [6, 6.07) is 36.7. The summed E-state index contributed by atoms with van der Waals surface area (Å²) in [5.74, 6) is 2.34. The summed E-state index contributed by atoms with van der Waals surface area (Å²) in [4.78, 5) is 4.71. The van der Waals surface area contributed by atoms with Crippen LogP contribution in [0.1, 0.15) is 82.0 Å². The fraction of sp³-hybridized carbons (Fsp3) is 0.273. The van der Waals surface area contributed by atoms with Gasteiger partial charge < -0.3 is 9.30 Å². The quantitative estimate of drug-likeness (QED) is 0.143. The molecule has 3 aromatic heterocycles. The van der Waals surface area contributed by atoms with Gasteiger partial charge in [-0.05, 0) is 83.1 Å². The molecule has 4 aromatic carbocycles. The number of pyridine rings is 1. The Morgan fingerprint density at radius 1 is 0.840 bits per heavy atom. The first-order chi connectivity index (χ1) is 23.5. The zero-order valence-electron chi connectivity index (χ0n) is 30.2. The number of ether oxygens (including phenoxy) is 1. The molecule has 7 aromatic rings. The van der Waals surface area contributed by atoms with Crippen molar-refractivity contribution in [2.45, 2.75) is 79.6 Å². The molecule has 0 atom stereocenters. The van der Waals surface area contributed by atoms with Crippen LogP contribution in [0.3, 0.4) is 0 Å². The molecule has 5 nitrogen and oxygen atoms in total. The van der Waals surface area contributed by atoms with Crippen LogP contribution in [0, 0.1) is 26.0 Å². The molecular formula is C44H44N4OPt. The minimum atomic E-state index is 0. The Hall–Kier alpha value is -4.47. The number of hydrogen-bond acceptors (Lipinski definition) is 3. The summed E-state index contributed by atoms with van der Waals surface area (Å²) in [7, 11) is 0. The molecule has 0 aliphatic rings. The summed E-state index contributed by atoms with van der Waals surface area (Å²) in [5, 5.41) is 7.51. The Kier molecular flexibility index (Phi) is 9.93. The van der Waals surface area contributed by atoms with Gasteiger partial charge in [-0.1, -0.05) is 89.9 Å². The molecule has 0 saturated heterocycles. The number of hydrogen-bond donors (Lipinski definition) is 0. The zero-order chi connectivity index (χ0) is 34.4. The van der Waals surface area contributed by atoms with Gasteiger partial charge in [0.05, 0.1) is 5.69 Å².